The molecule has 0 atom stereocenters. The van der Waals surface area contributed by atoms with E-state index in [-0.39, 0.29) is 57.5 Å². The van der Waals surface area contributed by atoms with Crippen molar-refractivity contribution in [1.82, 2.24) is 6.15 Å². The Kier molecular flexibility index (Phi) is 75.5. The molecule has 0 aliphatic rings. The van der Waals surface area contributed by atoms with Crippen LogP contribution in [0.5, 0.6) is 0 Å². The van der Waals surface area contributed by atoms with Crippen molar-refractivity contribution in [3.05, 3.63) is 6.57 Å². The van der Waals surface area contributed by atoms with E-state index in [4.69, 9.17) is 21.7 Å². The van der Waals surface area contributed by atoms with E-state index in [2.05, 4.69) is 0 Å². The van der Waals surface area contributed by atoms with E-state index >= 15 is 0 Å². The van der Waals surface area contributed by atoms with Crippen LogP contribution in [0.25, 0.3) is 0 Å². The number of nitrogens with zero attached hydrogens (tertiary/aromatic N) is 1. The minimum absolute atomic E-state index is 0. The van der Waals surface area contributed by atoms with E-state index in [0.29, 0.717) is 0 Å². The number of hydrogen-bond acceptors (Lipinski definition) is 3. The van der Waals surface area contributed by atoms with E-state index < -0.39 is 5.97 Å². The SMILES string of the molecule is CC(=O)[O-].[C-]#N.[K+].[NH4+]. The van der Waals surface area contributed by atoms with Crippen LogP contribution in [0.4, 0.5) is 0 Å². The Labute approximate surface area is 90.9 Å². The fourth-order valence-corrected chi connectivity index (χ4v) is 0. The molecule has 0 radical (unpaired) electrons. The standard InChI is InChI=1S/C2H4O2.CN.K.H3N/c1-2(3)4;1-2;;/h1H3,(H,3,4);;;1H3/q;-1;+1;. The molecule has 5 heteroatoms. The third-order valence-corrected chi connectivity index (χ3v) is 0. The van der Waals surface area contributed by atoms with Gasteiger partial charge in [-0.1, -0.05) is 0 Å². The predicted molar refractivity (Wildman–Crippen MR) is 21.6 cm³/mol. The molecule has 0 amide bonds. The zero-order valence-electron chi connectivity index (χ0n) is 5.26. The van der Waals surface area contributed by atoms with Gasteiger partial charge in [-0.05, 0) is 6.92 Å². The minimum Gasteiger partial charge on any atom is -0.550 e. The number of hydrogen-bond donors (Lipinski definition) is 1. The van der Waals surface area contributed by atoms with Gasteiger partial charge in [0.1, 0.15) is 0 Å². The fourth-order valence-electron chi connectivity index (χ4n) is 0. The van der Waals surface area contributed by atoms with Crippen molar-refractivity contribution < 1.29 is 61.3 Å². The molecule has 0 heterocycles. The molecular weight excluding hydrogens is 135 g/mol. The molecule has 4 N–H and O–H groups in total. The maximum atomic E-state index is 8.89. The first-order chi connectivity index (χ1) is 2.73. The van der Waals surface area contributed by atoms with Crippen LogP contribution in [0.1, 0.15) is 6.92 Å². The molecule has 0 aliphatic carbocycles. The van der Waals surface area contributed by atoms with E-state index in [0.717, 1.165) is 6.92 Å². The summed E-state index contributed by atoms with van der Waals surface area (Å²) in [6.45, 7) is 5.72. The van der Waals surface area contributed by atoms with Crippen LogP contribution in [0.15, 0.2) is 0 Å². The van der Waals surface area contributed by atoms with Crippen molar-refractivity contribution in [2.24, 2.45) is 0 Å². The topological polar surface area (TPSA) is 100 Å². The second-order valence-electron chi connectivity index (χ2n) is 0.492. The van der Waals surface area contributed by atoms with Crippen molar-refractivity contribution in [3.8, 4) is 0 Å². The molecule has 0 aliphatic heterocycles. The van der Waals surface area contributed by atoms with Crippen LogP contribution < -0.4 is 62.6 Å². The van der Waals surface area contributed by atoms with Gasteiger partial charge in [0, 0.05) is 5.97 Å². The van der Waals surface area contributed by atoms with Crippen molar-refractivity contribution >= 4 is 5.97 Å². The van der Waals surface area contributed by atoms with Crippen LogP contribution in [0.3, 0.4) is 0 Å². The minimum atomic E-state index is -1.08. The van der Waals surface area contributed by atoms with Crippen LogP contribution >= 0.6 is 0 Å². The zero-order chi connectivity index (χ0) is 5.58. The first kappa shape index (κ1) is 23.5. The number of carboxylic acid groups (broad SMARTS) is 1. The van der Waals surface area contributed by atoms with Gasteiger partial charge in [-0.15, -0.1) is 0 Å². The molecule has 0 spiro atoms. The van der Waals surface area contributed by atoms with Gasteiger partial charge >= 0.3 is 51.4 Å². The second-order valence-corrected chi connectivity index (χ2v) is 0.492. The van der Waals surface area contributed by atoms with Gasteiger partial charge in [0.25, 0.3) is 0 Å². The van der Waals surface area contributed by atoms with Gasteiger partial charge in [0.15, 0.2) is 0 Å². The Morgan fingerprint density at radius 1 is 1.62 bits per heavy atom. The molecule has 0 aromatic heterocycles. The van der Waals surface area contributed by atoms with Crippen molar-refractivity contribution in [2.75, 3.05) is 0 Å². The molecule has 0 aromatic rings. The maximum absolute atomic E-state index is 8.89. The first-order valence-corrected chi connectivity index (χ1v) is 1.13. The molecule has 0 saturated carbocycles. The normalized spacial score (nSPS) is 3.38. The summed E-state index contributed by atoms with van der Waals surface area (Å²) in [7, 11) is 0. The van der Waals surface area contributed by atoms with E-state index in [9.17, 15) is 0 Å². The molecule has 0 unspecified atom stereocenters. The average molecular weight is 142 g/mol. The summed E-state index contributed by atoms with van der Waals surface area (Å²) in [6, 6.07) is 0. The summed E-state index contributed by atoms with van der Waals surface area (Å²) in [6.07, 6.45) is 0. The van der Waals surface area contributed by atoms with Gasteiger partial charge in [0.2, 0.25) is 0 Å². The number of carbonyl (C=O) groups excluding carboxylic acids is 1. The Balaban J connectivity index is -0.0000000183. The Hall–Kier alpha value is 0.556. The zero-order valence-corrected chi connectivity index (χ0v) is 8.39. The predicted octanol–water partition coefficient (Wildman–Crippen LogP) is -3.77. The summed E-state index contributed by atoms with van der Waals surface area (Å²) in [4.78, 5) is 8.89. The van der Waals surface area contributed by atoms with Crippen LogP contribution in [-0.2, 0) is 4.79 Å². The summed E-state index contributed by atoms with van der Waals surface area (Å²) >= 11 is 0. The van der Waals surface area contributed by atoms with E-state index in [1.54, 1.807) is 0 Å². The molecular formula is C3H7KN2O2. The number of carboxylic acids is 1. The van der Waals surface area contributed by atoms with Gasteiger partial charge in [-0.25, -0.2) is 0 Å². The maximum Gasteiger partial charge on any atom is 1.00 e. The van der Waals surface area contributed by atoms with Gasteiger partial charge in [-0.2, -0.15) is 0 Å². The molecule has 42 valence electrons. The second kappa shape index (κ2) is 25.7. The van der Waals surface area contributed by atoms with Crippen molar-refractivity contribution in [3.63, 3.8) is 0 Å². The molecule has 8 heavy (non-hydrogen) atoms. The molecule has 0 aromatic carbocycles. The molecule has 4 nitrogen and oxygen atoms in total. The van der Waals surface area contributed by atoms with Crippen LogP contribution in [-0.4, -0.2) is 5.97 Å². The molecule has 0 saturated heterocycles. The number of rotatable bonds is 0. The Morgan fingerprint density at radius 2 is 1.62 bits per heavy atom. The van der Waals surface area contributed by atoms with Gasteiger partial charge in [0.05, 0.1) is 0 Å². The molecule has 0 rings (SSSR count). The largest absolute Gasteiger partial charge is 1.00 e. The third-order valence-electron chi connectivity index (χ3n) is 0. The summed E-state index contributed by atoms with van der Waals surface area (Å²) < 4.78 is 0. The Bertz CT molecular complexity index is 59.5. The summed E-state index contributed by atoms with van der Waals surface area (Å²) in [5.41, 5.74) is 0. The van der Waals surface area contributed by atoms with Crippen LogP contribution in [0.2, 0.25) is 0 Å². The number of aliphatic carboxylic acids is 1. The van der Waals surface area contributed by atoms with E-state index in [1.165, 1.54) is 0 Å². The van der Waals surface area contributed by atoms with Crippen LogP contribution in [0, 0.1) is 11.8 Å². The number of carbonyl (C=O) groups is 1. The summed E-state index contributed by atoms with van der Waals surface area (Å²) in [5.74, 6) is -1.08. The average Bonchev–Trinajstić information content (AvgIpc) is 1.41. The Morgan fingerprint density at radius 3 is 1.62 bits per heavy atom. The smallest absolute Gasteiger partial charge is 0.550 e. The van der Waals surface area contributed by atoms with Crippen molar-refractivity contribution in [1.29, 1.82) is 5.26 Å². The van der Waals surface area contributed by atoms with E-state index in [1.807, 2.05) is 0 Å². The summed E-state index contributed by atoms with van der Waals surface area (Å²) in [5, 5.41) is 15.1. The van der Waals surface area contributed by atoms with Gasteiger partial charge < -0.3 is 27.9 Å². The third kappa shape index (κ3) is 654. The van der Waals surface area contributed by atoms with Crippen molar-refractivity contribution in [2.45, 2.75) is 6.92 Å². The molecule has 0 bridgehead atoms. The molecule has 0 fully saturated rings. The fraction of sp³-hybridized carbons (Fsp3) is 0.333. The van der Waals surface area contributed by atoms with Gasteiger partial charge in [-0.3, -0.25) is 0 Å². The monoisotopic (exact) mass is 142 g/mol. The quantitative estimate of drug-likeness (QED) is 0.277. The first-order valence-electron chi connectivity index (χ1n) is 1.13. The number of quaternary nitrogens is 1.